The van der Waals surface area contributed by atoms with Gasteiger partial charge >= 0.3 is 0 Å². The number of nitrogens with one attached hydrogen (secondary N) is 1. The Kier molecular flexibility index (Phi) is 5.84. The number of anilines is 1. The van der Waals surface area contributed by atoms with Gasteiger partial charge in [0.25, 0.3) is 0 Å². The highest BCUT2D eigenvalue weighted by Gasteiger charge is 2.14. The van der Waals surface area contributed by atoms with Crippen molar-refractivity contribution in [3.05, 3.63) is 72.4 Å². The molecule has 0 radical (unpaired) electrons. The third-order valence-electron chi connectivity index (χ3n) is 4.69. The number of hydrogen-bond acceptors (Lipinski definition) is 5. The van der Waals surface area contributed by atoms with E-state index in [1.165, 1.54) is 5.56 Å². The Morgan fingerprint density at radius 1 is 1.00 bits per heavy atom. The van der Waals surface area contributed by atoms with E-state index in [-0.39, 0.29) is 6.61 Å². The molecule has 29 heavy (non-hydrogen) atoms. The number of aryl methyl sites for hydroxylation is 1. The van der Waals surface area contributed by atoms with Gasteiger partial charge in [0, 0.05) is 23.7 Å². The molecule has 0 saturated carbocycles. The number of aliphatic hydroxyl groups is 1. The Morgan fingerprint density at radius 3 is 2.55 bits per heavy atom. The second kappa shape index (κ2) is 8.86. The fourth-order valence-corrected chi connectivity index (χ4v) is 3.20. The second-order valence-corrected chi connectivity index (χ2v) is 6.82. The number of ether oxygens (including phenoxy) is 1. The first kappa shape index (κ1) is 19.1. The van der Waals surface area contributed by atoms with Gasteiger partial charge in [0.05, 0.1) is 31.7 Å². The lowest BCUT2D eigenvalue weighted by Crippen LogP contribution is -2.14. The number of fused-ring (bicyclic) bond motifs is 1. The molecule has 4 rings (SSSR count). The first-order valence-electron chi connectivity index (χ1n) is 9.70. The van der Waals surface area contributed by atoms with Crippen LogP contribution in [0, 0.1) is 6.92 Å². The Labute approximate surface area is 169 Å². The molecule has 0 amide bonds. The third-order valence-corrected chi connectivity index (χ3v) is 4.69. The lowest BCUT2D eigenvalue weighted by atomic mass is 10.1. The maximum atomic E-state index is 8.85. The van der Waals surface area contributed by atoms with E-state index < -0.39 is 0 Å². The van der Waals surface area contributed by atoms with Gasteiger partial charge in [0.15, 0.2) is 5.65 Å². The minimum Gasteiger partial charge on any atom is -0.394 e. The summed E-state index contributed by atoms with van der Waals surface area (Å²) in [6.45, 7) is 3.54. The predicted octanol–water partition coefficient (Wildman–Crippen LogP) is 3.79. The van der Waals surface area contributed by atoms with Crippen molar-refractivity contribution in [2.75, 3.05) is 31.7 Å². The fourth-order valence-electron chi connectivity index (χ4n) is 3.20. The van der Waals surface area contributed by atoms with Gasteiger partial charge in [-0.3, -0.25) is 0 Å². The van der Waals surface area contributed by atoms with Gasteiger partial charge in [-0.25, -0.2) is 4.98 Å². The summed E-state index contributed by atoms with van der Waals surface area (Å²) in [7, 11) is 0. The summed E-state index contributed by atoms with van der Waals surface area (Å²) in [6.07, 6.45) is 1.86. The summed E-state index contributed by atoms with van der Waals surface area (Å²) >= 11 is 0. The number of nitrogens with zero attached hydrogens (tertiary/aromatic N) is 3. The van der Waals surface area contributed by atoms with E-state index in [4.69, 9.17) is 14.8 Å². The van der Waals surface area contributed by atoms with Crippen LogP contribution in [-0.4, -0.2) is 46.1 Å². The second-order valence-electron chi connectivity index (χ2n) is 6.82. The molecule has 6 nitrogen and oxygen atoms in total. The zero-order chi connectivity index (χ0) is 20.1. The first-order valence-corrected chi connectivity index (χ1v) is 9.70. The molecular weight excluding hydrogens is 364 g/mol. The SMILES string of the molecule is Cc1ccc(-c2cnn3c(NCCOCCO)cc(-c4ccccc4)nc23)cc1. The van der Waals surface area contributed by atoms with Crippen molar-refractivity contribution >= 4 is 11.5 Å². The van der Waals surface area contributed by atoms with E-state index in [2.05, 4.69) is 53.7 Å². The fraction of sp³-hybridized carbons (Fsp3) is 0.217. The molecule has 2 N–H and O–H groups in total. The van der Waals surface area contributed by atoms with Crippen LogP contribution in [0.25, 0.3) is 28.0 Å². The molecule has 0 saturated heterocycles. The molecule has 2 aromatic carbocycles. The van der Waals surface area contributed by atoms with Crippen molar-refractivity contribution < 1.29 is 9.84 Å². The molecule has 0 unspecified atom stereocenters. The van der Waals surface area contributed by atoms with E-state index in [1.807, 2.05) is 35.0 Å². The zero-order valence-corrected chi connectivity index (χ0v) is 16.4. The average molecular weight is 388 g/mol. The van der Waals surface area contributed by atoms with Crippen LogP contribution in [0.2, 0.25) is 0 Å². The Morgan fingerprint density at radius 2 is 1.79 bits per heavy atom. The van der Waals surface area contributed by atoms with E-state index in [0.717, 1.165) is 33.8 Å². The summed E-state index contributed by atoms with van der Waals surface area (Å²) in [5.74, 6) is 0.847. The van der Waals surface area contributed by atoms with Gasteiger partial charge in [-0.05, 0) is 12.5 Å². The molecule has 4 aromatic rings. The summed E-state index contributed by atoms with van der Waals surface area (Å²) in [4.78, 5) is 4.92. The van der Waals surface area contributed by atoms with Crippen LogP contribution in [0.15, 0.2) is 66.9 Å². The molecule has 2 aromatic heterocycles. The van der Waals surface area contributed by atoms with Crippen molar-refractivity contribution in [1.29, 1.82) is 0 Å². The highest BCUT2D eigenvalue weighted by atomic mass is 16.5. The van der Waals surface area contributed by atoms with Crippen molar-refractivity contribution in [2.24, 2.45) is 0 Å². The molecule has 2 heterocycles. The van der Waals surface area contributed by atoms with Gasteiger partial charge in [-0.2, -0.15) is 9.61 Å². The lowest BCUT2D eigenvalue weighted by molar-refractivity contribution is 0.0991. The number of hydrogen-bond donors (Lipinski definition) is 2. The minimum atomic E-state index is 0.0245. The van der Waals surface area contributed by atoms with Gasteiger partial charge in [-0.15, -0.1) is 0 Å². The molecule has 0 aliphatic rings. The molecule has 0 aliphatic heterocycles. The van der Waals surface area contributed by atoms with Crippen molar-refractivity contribution in [3.63, 3.8) is 0 Å². The molecule has 0 spiro atoms. The highest BCUT2D eigenvalue weighted by molar-refractivity contribution is 5.80. The Bertz CT molecular complexity index is 1080. The number of rotatable bonds is 8. The van der Waals surface area contributed by atoms with Crippen LogP contribution in [0.1, 0.15) is 5.56 Å². The van der Waals surface area contributed by atoms with E-state index in [9.17, 15) is 0 Å². The summed E-state index contributed by atoms with van der Waals surface area (Å²) in [6, 6.07) is 20.5. The normalized spacial score (nSPS) is 11.1. The third kappa shape index (κ3) is 4.29. The number of benzene rings is 2. The topological polar surface area (TPSA) is 71.7 Å². The van der Waals surface area contributed by atoms with Gasteiger partial charge in [0.1, 0.15) is 5.82 Å². The molecule has 148 valence electrons. The first-order chi connectivity index (χ1) is 14.3. The molecule has 0 atom stereocenters. The monoisotopic (exact) mass is 388 g/mol. The number of aromatic nitrogens is 3. The quantitative estimate of drug-likeness (QED) is 0.449. The lowest BCUT2D eigenvalue weighted by Gasteiger charge is -2.11. The summed E-state index contributed by atoms with van der Waals surface area (Å²) < 4.78 is 7.19. The van der Waals surface area contributed by atoms with Crippen molar-refractivity contribution in [2.45, 2.75) is 6.92 Å². The molecule has 6 heteroatoms. The van der Waals surface area contributed by atoms with Gasteiger partial charge in [-0.1, -0.05) is 60.2 Å². The Balaban J connectivity index is 1.75. The highest BCUT2D eigenvalue weighted by Crippen LogP contribution is 2.29. The zero-order valence-electron chi connectivity index (χ0n) is 16.4. The smallest absolute Gasteiger partial charge is 0.165 e. The van der Waals surface area contributed by atoms with Crippen LogP contribution in [-0.2, 0) is 4.74 Å². The largest absolute Gasteiger partial charge is 0.394 e. The Hall–Kier alpha value is -3.22. The van der Waals surface area contributed by atoms with Gasteiger partial charge in [0.2, 0.25) is 0 Å². The van der Waals surface area contributed by atoms with Crippen LogP contribution in [0.3, 0.4) is 0 Å². The molecule has 0 aliphatic carbocycles. The standard InChI is InChI=1S/C23H24N4O2/c1-17-7-9-18(10-8-17)20-16-25-27-22(24-11-13-29-14-12-28)15-21(26-23(20)27)19-5-3-2-4-6-19/h2-10,15-16,24,28H,11-14H2,1H3. The molecule has 0 bridgehead atoms. The molecular formula is C23H24N4O2. The number of aliphatic hydroxyl groups excluding tert-OH is 1. The minimum absolute atomic E-state index is 0.0245. The summed E-state index contributed by atoms with van der Waals surface area (Å²) in [5, 5.41) is 16.8. The van der Waals surface area contributed by atoms with E-state index in [0.29, 0.717) is 19.8 Å². The van der Waals surface area contributed by atoms with Gasteiger partial charge < -0.3 is 15.2 Å². The van der Waals surface area contributed by atoms with Crippen LogP contribution >= 0.6 is 0 Å². The van der Waals surface area contributed by atoms with Crippen LogP contribution in [0.4, 0.5) is 5.82 Å². The van der Waals surface area contributed by atoms with Crippen LogP contribution < -0.4 is 5.32 Å². The molecule has 0 fully saturated rings. The van der Waals surface area contributed by atoms with Crippen molar-refractivity contribution in [1.82, 2.24) is 14.6 Å². The van der Waals surface area contributed by atoms with Crippen LogP contribution in [0.5, 0.6) is 0 Å². The predicted molar refractivity (Wildman–Crippen MR) is 115 cm³/mol. The average Bonchev–Trinajstić information content (AvgIpc) is 3.19. The van der Waals surface area contributed by atoms with E-state index >= 15 is 0 Å². The maximum absolute atomic E-state index is 8.85. The van der Waals surface area contributed by atoms with E-state index in [1.54, 1.807) is 0 Å². The maximum Gasteiger partial charge on any atom is 0.165 e. The summed E-state index contributed by atoms with van der Waals surface area (Å²) in [5.41, 5.74) is 6.02. The van der Waals surface area contributed by atoms with Crippen molar-refractivity contribution in [3.8, 4) is 22.4 Å².